The first-order chi connectivity index (χ1) is 14.8. The third-order valence-corrected chi connectivity index (χ3v) is 6.44. The number of aryl methyl sites for hydroxylation is 1. The van der Waals surface area contributed by atoms with Crippen LogP contribution in [0.5, 0.6) is 0 Å². The number of amides is 1. The quantitative estimate of drug-likeness (QED) is 0.426. The van der Waals surface area contributed by atoms with Gasteiger partial charge in [0.25, 0.3) is 15.9 Å². The summed E-state index contributed by atoms with van der Waals surface area (Å²) < 4.78 is 41.2. The fourth-order valence-electron chi connectivity index (χ4n) is 2.71. The van der Waals surface area contributed by atoms with Gasteiger partial charge in [0.1, 0.15) is 12.4 Å². The molecule has 0 atom stereocenters. The lowest BCUT2D eigenvalue weighted by atomic mass is 10.2. The average Bonchev–Trinajstić information content (AvgIpc) is 2.75. The number of nitrogens with zero attached hydrogens (tertiary/aromatic N) is 2. The molecule has 0 aliphatic carbocycles. The van der Waals surface area contributed by atoms with Crippen LogP contribution in [-0.4, -0.2) is 27.1 Å². The van der Waals surface area contributed by atoms with Gasteiger partial charge in [-0.2, -0.15) is 5.10 Å². The summed E-state index contributed by atoms with van der Waals surface area (Å²) in [6.07, 6.45) is 1.07. The maximum Gasteiger partial charge on any atom is 0.264 e. The highest BCUT2D eigenvalue weighted by molar-refractivity contribution is 7.92. The molecule has 1 amide bonds. The van der Waals surface area contributed by atoms with Crippen molar-refractivity contribution in [2.45, 2.75) is 11.8 Å². The van der Waals surface area contributed by atoms with Gasteiger partial charge in [0.15, 0.2) is 0 Å². The number of hydrogen-bond donors (Lipinski definition) is 1. The molecule has 0 saturated carbocycles. The van der Waals surface area contributed by atoms with E-state index in [0.717, 1.165) is 16.1 Å². The zero-order chi connectivity index (χ0) is 22.4. The summed E-state index contributed by atoms with van der Waals surface area (Å²) in [6, 6.07) is 18.7. The predicted octanol–water partition coefficient (Wildman–Crippen LogP) is 4.13. The lowest BCUT2D eigenvalue weighted by Gasteiger charge is -2.23. The van der Waals surface area contributed by atoms with Crippen molar-refractivity contribution in [1.29, 1.82) is 0 Å². The van der Waals surface area contributed by atoms with Crippen LogP contribution in [0.25, 0.3) is 0 Å². The third kappa shape index (κ3) is 5.48. The van der Waals surface area contributed by atoms with Gasteiger partial charge < -0.3 is 0 Å². The van der Waals surface area contributed by atoms with Gasteiger partial charge >= 0.3 is 0 Å². The zero-order valence-corrected chi connectivity index (χ0v) is 18.1. The first-order valence-corrected chi connectivity index (χ1v) is 11.0. The van der Waals surface area contributed by atoms with Gasteiger partial charge in [0.05, 0.1) is 21.8 Å². The van der Waals surface area contributed by atoms with Crippen molar-refractivity contribution in [3.05, 3.63) is 94.8 Å². The molecule has 0 aliphatic heterocycles. The molecule has 1 N–H and O–H groups in total. The highest BCUT2D eigenvalue weighted by Gasteiger charge is 2.27. The zero-order valence-electron chi connectivity index (χ0n) is 16.5. The molecule has 9 heteroatoms. The molecule has 31 heavy (non-hydrogen) atoms. The Bertz CT molecular complexity index is 1180. The van der Waals surface area contributed by atoms with E-state index >= 15 is 0 Å². The SMILES string of the molecule is Cc1ccc(N(CC(=O)N/N=C\c2c(F)cccc2Cl)S(=O)(=O)c2ccccc2)cc1. The predicted molar refractivity (Wildman–Crippen MR) is 119 cm³/mol. The van der Waals surface area contributed by atoms with Gasteiger partial charge in [-0.15, -0.1) is 0 Å². The molecule has 0 heterocycles. The maximum absolute atomic E-state index is 13.8. The van der Waals surface area contributed by atoms with E-state index in [-0.39, 0.29) is 15.5 Å². The average molecular weight is 460 g/mol. The topological polar surface area (TPSA) is 78.8 Å². The first kappa shape index (κ1) is 22.5. The molecule has 160 valence electrons. The summed E-state index contributed by atoms with van der Waals surface area (Å²) in [4.78, 5) is 12.5. The molecule has 0 radical (unpaired) electrons. The maximum atomic E-state index is 13.8. The number of anilines is 1. The molecule has 0 aliphatic rings. The van der Waals surface area contributed by atoms with Gasteiger partial charge in [0, 0.05) is 5.56 Å². The van der Waals surface area contributed by atoms with E-state index in [9.17, 15) is 17.6 Å². The molecule has 0 bridgehead atoms. The Labute approximate surface area is 185 Å². The summed E-state index contributed by atoms with van der Waals surface area (Å²) in [7, 11) is -4.01. The van der Waals surface area contributed by atoms with Gasteiger partial charge in [0.2, 0.25) is 0 Å². The van der Waals surface area contributed by atoms with E-state index in [1.165, 1.54) is 30.3 Å². The summed E-state index contributed by atoms with van der Waals surface area (Å²) in [6.45, 7) is 1.34. The van der Waals surface area contributed by atoms with E-state index in [1.54, 1.807) is 42.5 Å². The molecule has 3 rings (SSSR count). The van der Waals surface area contributed by atoms with Crippen LogP contribution in [0, 0.1) is 12.7 Å². The number of nitrogens with one attached hydrogen (secondary N) is 1. The lowest BCUT2D eigenvalue weighted by Crippen LogP contribution is -2.39. The number of halogens is 2. The smallest absolute Gasteiger partial charge is 0.264 e. The third-order valence-electron chi connectivity index (χ3n) is 4.32. The standard InChI is InChI=1S/C22H19ClFN3O3S/c1-16-10-12-17(13-11-16)27(31(29,30)18-6-3-2-4-7-18)15-22(28)26-25-14-19-20(23)8-5-9-21(19)24/h2-14H,15H2,1H3,(H,26,28)/b25-14-. The van der Waals surface area contributed by atoms with Gasteiger partial charge in [-0.3, -0.25) is 9.10 Å². The van der Waals surface area contributed by atoms with E-state index in [4.69, 9.17) is 11.6 Å². The van der Waals surface area contributed by atoms with E-state index < -0.39 is 28.3 Å². The Morgan fingerprint density at radius 2 is 1.74 bits per heavy atom. The minimum atomic E-state index is -4.01. The highest BCUT2D eigenvalue weighted by Crippen LogP contribution is 2.24. The molecule has 0 spiro atoms. The van der Waals surface area contributed by atoms with E-state index in [0.29, 0.717) is 5.69 Å². The molecular weight excluding hydrogens is 441 g/mol. The number of carbonyl (C=O) groups is 1. The second-order valence-electron chi connectivity index (χ2n) is 6.59. The van der Waals surface area contributed by atoms with Crippen LogP contribution in [0.3, 0.4) is 0 Å². The van der Waals surface area contributed by atoms with Gasteiger partial charge in [-0.1, -0.05) is 53.6 Å². The van der Waals surface area contributed by atoms with Gasteiger partial charge in [-0.05, 0) is 43.3 Å². The summed E-state index contributed by atoms with van der Waals surface area (Å²) in [5.74, 6) is -1.30. The highest BCUT2D eigenvalue weighted by atomic mass is 35.5. The number of hydrogen-bond acceptors (Lipinski definition) is 4. The van der Waals surface area contributed by atoms with Crippen LogP contribution in [-0.2, 0) is 14.8 Å². The van der Waals surface area contributed by atoms with Crippen LogP contribution in [0.4, 0.5) is 10.1 Å². The molecule has 3 aromatic carbocycles. The van der Waals surface area contributed by atoms with Crippen LogP contribution in [0.2, 0.25) is 5.02 Å². The Morgan fingerprint density at radius 3 is 2.39 bits per heavy atom. The van der Waals surface area contributed by atoms with Crippen LogP contribution in [0.1, 0.15) is 11.1 Å². The normalized spacial score (nSPS) is 11.5. The fourth-order valence-corrected chi connectivity index (χ4v) is 4.37. The first-order valence-electron chi connectivity index (χ1n) is 9.19. The minimum Gasteiger partial charge on any atom is -0.271 e. The van der Waals surface area contributed by atoms with Crippen LogP contribution in [0.15, 0.2) is 82.8 Å². The molecular formula is C22H19ClFN3O3S. The fraction of sp³-hybridized carbons (Fsp3) is 0.0909. The van der Waals surface area contributed by atoms with Crippen molar-refractivity contribution in [2.75, 3.05) is 10.8 Å². The molecule has 6 nitrogen and oxygen atoms in total. The second-order valence-corrected chi connectivity index (χ2v) is 8.86. The van der Waals surface area contributed by atoms with E-state index in [2.05, 4.69) is 10.5 Å². The van der Waals surface area contributed by atoms with Crippen molar-refractivity contribution in [3.63, 3.8) is 0 Å². The number of carbonyl (C=O) groups excluding carboxylic acids is 1. The molecule has 3 aromatic rings. The summed E-state index contributed by atoms with van der Waals surface area (Å²) in [5, 5.41) is 3.84. The monoisotopic (exact) mass is 459 g/mol. The van der Waals surface area contributed by atoms with Crippen molar-refractivity contribution in [2.24, 2.45) is 5.10 Å². The van der Waals surface area contributed by atoms with Crippen LogP contribution < -0.4 is 9.73 Å². The number of rotatable bonds is 7. The van der Waals surface area contributed by atoms with Crippen LogP contribution >= 0.6 is 11.6 Å². The lowest BCUT2D eigenvalue weighted by molar-refractivity contribution is -0.119. The molecule has 0 saturated heterocycles. The second kappa shape index (κ2) is 9.72. The molecule has 0 fully saturated rings. The Balaban J connectivity index is 1.84. The Morgan fingerprint density at radius 1 is 1.06 bits per heavy atom. The van der Waals surface area contributed by atoms with Crippen molar-refractivity contribution in [3.8, 4) is 0 Å². The number of sulfonamides is 1. The molecule has 0 unspecified atom stereocenters. The van der Waals surface area contributed by atoms with Crippen molar-refractivity contribution < 1.29 is 17.6 Å². The summed E-state index contributed by atoms with van der Waals surface area (Å²) in [5.41, 5.74) is 3.50. The van der Waals surface area contributed by atoms with Crippen molar-refractivity contribution in [1.82, 2.24) is 5.43 Å². The van der Waals surface area contributed by atoms with Crippen molar-refractivity contribution >= 4 is 39.4 Å². The van der Waals surface area contributed by atoms with E-state index in [1.807, 2.05) is 6.92 Å². The van der Waals surface area contributed by atoms with Gasteiger partial charge in [-0.25, -0.2) is 18.2 Å². The number of benzene rings is 3. The Hall–Kier alpha value is -3.23. The number of hydrazone groups is 1. The molecule has 0 aromatic heterocycles. The minimum absolute atomic E-state index is 0.0109. The largest absolute Gasteiger partial charge is 0.271 e. The Kier molecular flexibility index (Phi) is 7.04. The summed E-state index contributed by atoms with van der Waals surface area (Å²) >= 11 is 5.92.